The maximum Gasteiger partial charge on any atom is 0.222 e. The summed E-state index contributed by atoms with van der Waals surface area (Å²) in [5.74, 6) is 1.38. The van der Waals surface area contributed by atoms with Crippen LogP contribution in [0.4, 0.5) is 5.82 Å². The van der Waals surface area contributed by atoms with E-state index in [1.54, 1.807) is 6.33 Å². The molecule has 1 amide bonds. The first kappa shape index (κ1) is 18.1. The lowest BCUT2D eigenvalue weighted by Gasteiger charge is -2.47. The van der Waals surface area contributed by atoms with E-state index in [0.717, 1.165) is 69.9 Å². The molecule has 2 fully saturated rings. The van der Waals surface area contributed by atoms with Crippen LogP contribution in [0.25, 0.3) is 0 Å². The average molecular weight is 345 g/mol. The maximum absolute atomic E-state index is 12.3. The van der Waals surface area contributed by atoms with Gasteiger partial charge in [-0.3, -0.25) is 4.79 Å². The van der Waals surface area contributed by atoms with E-state index in [9.17, 15) is 4.79 Å². The summed E-state index contributed by atoms with van der Waals surface area (Å²) in [5, 5.41) is 0. The molecule has 3 rings (SSSR count). The van der Waals surface area contributed by atoms with Crippen molar-refractivity contribution in [2.75, 3.05) is 51.7 Å². The number of aromatic nitrogens is 2. The SMILES string of the molecule is Cc1cc(N2CCC3(CCC(=O)N(CCCN(C)C)C3)CC2)ncn1. The Kier molecular flexibility index (Phi) is 5.57. The summed E-state index contributed by atoms with van der Waals surface area (Å²) in [5.41, 5.74) is 1.32. The number of aryl methyl sites for hydroxylation is 1. The fourth-order valence-electron chi connectivity index (χ4n) is 4.12. The lowest BCUT2D eigenvalue weighted by atomic mass is 9.72. The highest BCUT2D eigenvalue weighted by Gasteiger charge is 2.40. The zero-order valence-corrected chi connectivity index (χ0v) is 15.9. The number of hydrogen-bond acceptors (Lipinski definition) is 5. The molecule has 0 bridgehead atoms. The molecule has 2 saturated heterocycles. The number of carbonyl (C=O) groups is 1. The molecule has 1 aromatic heterocycles. The number of likely N-dealkylation sites (tertiary alicyclic amines) is 1. The minimum Gasteiger partial charge on any atom is -0.356 e. The Labute approximate surface area is 151 Å². The molecule has 138 valence electrons. The molecule has 0 saturated carbocycles. The van der Waals surface area contributed by atoms with Crippen LogP contribution in [0.5, 0.6) is 0 Å². The molecule has 1 spiro atoms. The van der Waals surface area contributed by atoms with Gasteiger partial charge in [0.1, 0.15) is 12.1 Å². The van der Waals surface area contributed by atoms with Gasteiger partial charge in [0.05, 0.1) is 0 Å². The Morgan fingerprint density at radius 2 is 1.96 bits per heavy atom. The zero-order chi connectivity index (χ0) is 17.9. The summed E-state index contributed by atoms with van der Waals surface area (Å²) in [7, 11) is 4.17. The van der Waals surface area contributed by atoms with Crippen LogP contribution in [-0.2, 0) is 4.79 Å². The highest BCUT2D eigenvalue weighted by molar-refractivity contribution is 5.77. The van der Waals surface area contributed by atoms with Crippen LogP contribution in [0.15, 0.2) is 12.4 Å². The van der Waals surface area contributed by atoms with Gasteiger partial charge < -0.3 is 14.7 Å². The van der Waals surface area contributed by atoms with E-state index >= 15 is 0 Å². The van der Waals surface area contributed by atoms with Crippen LogP contribution in [0.2, 0.25) is 0 Å². The number of carbonyl (C=O) groups excluding carboxylic acids is 1. The monoisotopic (exact) mass is 345 g/mol. The molecule has 0 aliphatic carbocycles. The summed E-state index contributed by atoms with van der Waals surface area (Å²) >= 11 is 0. The zero-order valence-electron chi connectivity index (χ0n) is 15.9. The van der Waals surface area contributed by atoms with Crippen molar-refractivity contribution in [3.05, 3.63) is 18.1 Å². The van der Waals surface area contributed by atoms with Gasteiger partial charge in [-0.25, -0.2) is 9.97 Å². The quantitative estimate of drug-likeness (QED) is 0.816. The Hall–Kier alpha value is -1.69. The van der Waals surface area contributed by atoms with Gasteiger partial charge in [0, 0.05) is 44.4 Å². The molecular formula is C19H31N5O. The molecule has 0 aromatic carbocycles. The van der Waals surface area contributed by atoms with Crippen molar-refractivity contribution in [1.82, 2.24) is 19.8 Å². The van der Waals surface area contributed by atoms with Crippen molar-refractivity contribution in [2.45, 2.75) is 39.0 Å². The Morgan fingerprint density at radius 3 is 2.64 bits per heavy atom. The molecule has 0 atom stereocenters. The third kappa shape index (κ3) is 4.48. The Bertz CT molecular complexity index is 595. The second-order valence-corrected chi connectivity index (χ2v) is 7.98. The van der Waals surface area contributed by atoms with Gasteiger partial charge in [0.25, 0.3) is 0 Å². The third-order valence-electron chi connectivity index (χ3n) is 5.72. The van der Waals surface area contributed by atoms with E-state index in [4.69, 9.17) is 0 Å². The second-order valence-electron chi connectivity index (χ2n) is 7.98. The van der Waals surface area contributed by atoms with Crippen molar-refractivity contribution in [3.63, 3.8) is 0 Å². The van der Waals surface area contributed by atoms with Gasteiger partial charge >= 0.3 is 0 Å². The van der Waals surface area contributed by atoms with Crippen molar-refractivity contribution >= 4 is 11.7 Å². The van der Waals surface area contributed by atoms with E-state index < -0.39 is 0 Å². The van der Waals surface area contributed by atoms with Gasteiger partial charge in [-0.2, -0.15) is 0 Å². The van der Waals surface area contributed by atoms with E-state index in [1.807, 2.05) is 6.92 Å². The highest BCUT2D eigenvalue weighted by atomic mass is 16.2. The second kappa shape index (κ2) is 7.68. The first-order chi connectivity index (χ1) is 12.0. The van der Waals surface area contributed by atoms with Crippen molar-refractivity contribution in [2.24, 2.45) is 5.41 Å². The molecule has 0 radical (unpaired) electrons. The number of rotatable bonds is 5. The van der Waals surface area contributed by atoms with Gasteiger partial charge in [-0.1, -0.05) is 0 Å². The predicted octanol–water partition coefficient (Wildman–Crippen LogP) is 1.95. The van der Waals surface area contributed by atoms with Crippen LogP contribution in [-0.4, -0.2) is 72.5 Å². The molecule has 2 aliphatic heterocycles. The number of anilines is 1. The largest absolute Gasteiger partial charge is 0.356 e. The van der Waals surface area contributed by atoms with E-state index in [2.05, 4.69) is 44.8 Å². The molecule has 3 heterocycles. The molecule has 6 nitrogen and oxygen atoms in total. The minimum atomic E-state index is 0.310. The van der Waals surface area contributed by atoms with Crippen molar-refractivity contribution in [1.29, 1.82) is 0 Å². The van der Waals surface area contributed by atoms with E-state index in [-0.39, 0.29) is 0 Å². The third-order valence-corrected chi connectivity index (χ3v) is 5.72. The average Bonchev–Trinajstić information content (AvgIpc) is 2.59. The molecule has 0 unspecified atom stereocenters. The normalized spacial score (nSPS) is 20.6. The molecule has 1 aromatic rings. The van der Waals surface area contributed by atoms with Gasteiger partial charge in [-0.05, 0) is 58.7 Å². The van der Waals surface area contributed by atoms with Crippen LogP contribution >= 0.6 is 0 Å². The molecule has 2 aliphatic rings. The van der Waals surface area contributed by atoms with Crippen LogP contribution < -0.4 is 4.90 Å². The van der Waals surface area contributed by atoms with Crippen LogP contribution in [0, 0.1) is 12.3 Å². The van der Waals surface area contributed by atoms with Gasteiger partial charge in [-0.15, -0.1) is 0 Å². The van der Waals surface area contributed by atoms with E-state index in [1.165, 1.54) is 0 Å². The topological polar surface area (TPSA) is 52.6 Å². The summed E-state index contributed by atoms with van der Waals surface area (Å²) < 4.78 is 0. The van der Waals surface area contributed by atoms with Crippen LogP contribution in [0.3, 0.4) is 0 Å². The number of piperidine rings is 2. The fraction of sp³-hybridized carbons (Fsp3) is 0.737. The molecule has 25 heavy (non-hydrogen) atoms. The highest BCUT2D eigenvalue weighted by Crippen LogP contribution is 2.40. The minimum absolute atomic E-state index is 0.310. The van der Waals surface area contributed by atoms with Crippen molar-refractivity contribution < 1.29 is 4.79 Å². The standard InChI is InChI=1S/C19H31N5O/c1-16-13-17(21-15-20-16)23-11-7-19(8-12-23)6-5-18(25)24(14-19)10-4-9-22(2)3/h13,15H,4-12,14H2,1-3H3. The number of hydrogen-bond donors (Lipinski definition) is 0. The first-order valence-corrected chi connectivity index (χ1v) is 9.44. The lowest BCUT2D eigenvalue weighted by Crippen LogP contribution is -2.52. The Morgan fingerprint density at radius 1 is 1.20 bits per heavy atom. The first-order valence-electron chi connectivity index (χ1n) is 9.44. The molecular weight excluding hydrogens is 314 g/mol. The predicted molar refractivity (Wildman–Crippen MR) is 99.6 cm³/mol. The Balaban J connectivity index is 1.57. The van der Waals surface area contributed by atoms with Crippen molar-refractivity contribution in [3.8, 4) is 0 Å². The summed E-state index contributed by atoms with van der Waals surface area (Å²) in [6.45, 7) is 6.93. The van der Waals surface area contributed by atoms with Crippen LogP contribution in [0.1, 0.15) is 37.8 Å². The molecule has 6 heteroatoms. The summed E-state index contributed by atoms with van der Waals surface area (Å²) in [6, 6.07) is 2.07. The smallest absolute Gasteiger partial charge is 0.222 e. The van der Waals surface area contributed by atoms with Gasteiger partial charge in [0.15, 0.2) is 0 Å². The summed E-state index contributed by atoms with van der Waals surface area (Å²) in [4.78, 5) is 27.6. The summed E-state index contributed by atoms with van der Waals surface area (Å²) in [6.07, 6.45) is 6.77. The maximum atomic E-state index is 12.3. The molecule has 0 N–H and O–H groups in total. The van der Waals surface area contributed by atoms with E-state index in [0.29, 0.717) is 17.7 Å². The fourth-order valence-corrected chi connectivity index (χ4v) is 4.12. The lowest BCUT2D eigenvalue weighted by molar-refractivity contribution is -0.138. The van der Waals surface area contributed by atoms with Gasteiger partial charge in [0.2, 0.25) is 5.91 Å². The number of amides is 1. The number of nitrogens with zero attached hydrogens (tertiary/aromatic N) is 5.